The minimum Gasteiger partial charge on any atom is -0.468 e. The van der Waals surface area contributed by atoms with Crippen LogP contribution in [0.5, 0.6) is 0 Å². The third-order valence-electron chi connectivity index (χ3n) is 4.67. The Labute approximate surface area is 198 Å². The van der Waals surface area contributed by atoms with Gasteiger partial charge < -0.3 is 15.4 Å². The third-order valence-corrected chi connectivity index (χ3v) is 6.17. The SMILES string of the molecule is COC(=O)[C@@H]1C(=O)NC(SCC(=O)Nc2cccc(Cl)c2)=C(C#N)[C@@H]1c1ccc(Cl)cc1. The normalized spacial score (nSPS) is 17.9. The van der Waals surface area contributed by atoms with Crippen molar-refractivity contribution in [2.45, 2.75) is 5.92 Å². The fraction of sp³-hybridized carbons (Fsp3) is 0.182. The highest BCUT2D eigenvalue weighted by atomic mass is 35.5. The molecule has 0 unspecified atom stereocenters. The monoisotopic (exact) mass is 489 g/mol. The average molecular weight is 490 g/mol. The predicted octanol–water partition coefficient (Wildman–Crippen LogP) is 4.10. The summed E-state index contributed by atoms with van der Waals surface area (Å²) in [7, 11) is 1.18. The lowest BCUT2D eigenvalue weighted by Crippen LogP contribution is -2.44. The molecule has 0 saturated heterocycles. The minimum absolute atomic E-state index is 0.0798. The summed E-state index contributed by atoms with van der Waals surface area (Å²) in [4.78, 5) is 37.5. The molecule has 0 spiro atoms. The Kier molecular flexibility index (Phi) is 7.80. The molecule has 0 fully saturated rings. The van der Waals surface area contributed by atoms with E-state index in [0.717, 1.165) is 11.8 Å². The van der Waals surface area contributed by atoms with Crippen LogP contribution in [0, 0.1) is 17.2 Å². The van der Waals surface area contributed by atoms with Crippen molar-refractivity contribution in [1.29, 1.82) is 5.26 Å². The molecule has 3 rings (SSSR count). The fourth-order valence-corrected chi connectivity index (χ4v) is 4.42. The second-order valence-electron chi connectivity index (χ2n) is 6.72. The molecule has 0 saturated carbocycles. The Morgan fingerprint density at radius 1 is 1.19 bits per heavy atom. The molecule has 0 radical (unpaired) electrons. The number of hydrogen-bond donors (Lipinski definition) is 2. The van der Waals surface area contributed by atoms with E-state index in [0.29, 0.717) is 21.3 Å². The van der Waals surface area contributed by atoms with E-state index in [-0.39, 0.29) is 22.3 Å². The zero-order valence-corrected chi connectivity index (χ0v) is 19.1. The van der Waals surface area contributed by atoms with Gasteiger partial charge in [-0.25, -0.2) is 0 Å². The number of thioether (sulfide) groups is 1. The van der Waals surface area contributed by atoms with Crippen LogP contribution in [0.25, 0.3) is 0 Å². The molecule has 2 N–H and O–H groups in total. The van der Waals surface area contributed by atoms with Gasteiger partial charge in [0.15, 0.2) is 0 Å². The van der Waals surface area contributed by atoms with Crippen molar-refractivity contribution in [3.63, 3.8) is 0 Å². The number of halogens is 2. The van der Waals surface area contributed by atoms with Gasteiger partial charge in [-0.2, -0.15) is 5.26 Å². The maximum absolute atomic E-state index is 12.8. The number of ether oxygens (including phenoxy) is 1. The second-order valence-corrected chi connectivity index (χ2v) is 8.58. The van der Waals surface area contributed by atoms with Crippen molar-refractivity contribution in [2.24, 2.45) is 5.92 Å². The maximum atomic E-state index is 12.8. The number of carbonyl (C=O) groups is 3. The quantitative estimate of drug-likeness (QED) is 0.466. The Bertz CT molecular complexity index is 1130. The first-order valence-corrected chi connectivity index (χ1v) is 11.0. The van der Waals surface area contributed by atoms with Gasteiger partial charge in [-0.15, -0.1) is 0 Å². The van der Waals surface area contributed by atoms with Gasteiger partial charge in [0.2, 0.25) is 11.8 Å². The van der Waals surface area contributed by atoms with Gasteiger partial charge >= 0.3 is 5.97 Å². The number of nitrogens with zero attached hydrogens (tertiary/aromatic N) is 1. The second kappa shape index (κ2) is 10.6. The van der Waals surface area contributed by atoms with Crippen molar-refractivity contribution in [2.75, 3.05) is 18.2 Å². The van der Waals surface area contributed by atoms with E-state index in [1.807, 2.05) is 0 Å². The van der Waals surface area contributed by atoms with Crippen LogP contribution in [-0.4, -0.2) is 30.6 Å². The minimum atomic E-state index is -1.25. The number of carbonyl (C=O) groups excluding carboxylic acids is 3. The number of benzene rings is 2. The number of allylic oxidation sites excluding steroid dienone is 1. The number of amides is 2. The molecule has 164 valence electrons. The van der Waals surface area contributed by atoms with Gasteiger partial charge in [0.25, 0.3) is 0 Å². The van der Waals surface area contributed by atoms with Crippen LogP contribution in [-0.2, 0) is 19.1 Å². The predicted molar refractivity (Wildman–Crippen MR) is 123 cm³/mol. The maximum Gasteiger partial charge on any atom is 0.319 e. The first-order chi connectivity index (χ1) is 15.3. The van der Waals surface area contributed by atoms with Crippen LogP contribution >= 0.6 is 35.0 Å². The molecule has 1 aliphatic heterocycles. The molecule has 2 atom stereocenters. The van der Waals surface area contributed by atoms with Crippen LogP contribution in [0.2, 0.25) is 10.0 Å². The van der Waals surface area contributed by atoms with Gasteiger partial charge in [0, 0.05) is 21.7 Å². The highest BCUT2D eigenvalue weighted by Gasteiger charge is 2.44. The van der Waals surface area contributed by atoms with Gasteiger partial charge in [-0.3, -0.25) is 14.4 Å². The van der Waals surface area contributed by atoms with Crippen molar-refractivity contribution in [3.05, 3.63) is 74.7 Å². The molecule has 0 bridgehead atoms. The van der Waals surface area contributed by atoms with E-state index in [1.54, 1.807) is 48.5 Å². The highest BCUT2D eigenvalue weighted by Crippen LogP contribution is 2.40. The van der Waals surface area contributed by atoms with Gasteiger partial charge in [-0.05, 0) is 35.9 Å². The van der Waals surface area contributed by atoms with Crippen LogP contribution in [0.4, 0.5) is 5.69 Å². The van der Waals surface area contributed by atoms with E-state index in [2.05, 4.69) is 16.7 Å². The Morgan fingerprint density at radius 2 is 1.91 bits per heavy atom. The number of rotatable bonds is 6. The summed E-state index contributed by atoms with van der Waals surface area (Å²) in [5, 5.41) is 16.3. The van der Waals surface area contributed by atoms with Crippen LogP contribution in [0.1, 0.15) is 11.5 Å². The number of anilines is 1. The number of hydrogen-bond acceptors (Lipinski definition) is 6. The Morgan fingerprint density at radius 3 is 2.53 bits per heavy atom. The summed E-state index contributed by atoms with van der Waals surface area (Å²) < 4.78 is 4.80. The van der Waals surface area contributed by atoms with E-state index >= 15 is 0 Å². The summed E-state index contributed by atoms with van der Waals surface area (Å²) in [6.07, 6.45) is 0. The number of methoxy groups -OCH3 is 1. The number of nitrogens with one attached hydrogen (secondary N) is 2. The standard InChI is InChI=1S/C22H17Cl2N3O4S/c1-31-22(30)19-18(12-5-7-13(23)8-6-12)16(10-25)21(27-20(19)29)32-11-17(28)26-15-4-2-3-14(24)9-15/h2-9,18-19H,11H2,1H3,(H,26,28)(H,27,29)/t18-,19-/m0/s1. The van der Waals surface area contributed by atoms with Crippen molar-refractivity contribution < 1.29 is 19.1 Å². The fourth-order valence-electron chi connectivity index (χ4n) is 3.25. The summed E-state index contributed by atoms with van der Waals surface area (Å²) in [5.74, 6) is -3.94. The molecular weight excluding hydrogens is 473 g/mol. The zero-order valence-electron chi connectivity index (χ0n) is 16.7. The molecule has 2 aromatic rings. The smallest absolute Gasteiger partial charge is 0.319 e. The molecule has 2 aromatic carbocycles. The Balaban J connectivity index is 1.88. The lowest BCUT2D eigenvalue weighted by atomic mass is 9.78. The topological polar surface area (TPSA) is 108 Å². The molecule has 32 heavy (non-hydrogen) atoms. The first-order valence-electron chi connectivity index (χ1n) is 9.30. The van der Waals surface area contributed by atoms with E-state index in [4.69, 9.17) is 27.9 Å². The summed E-state index contributed by atoms with van der Waals surface area (Å²) in [6, 6.07) is 15.3. The first kappa shape index (κ1) is 23.7. The third kappa shape index (κ3) is 5.43. The molecule has 1 aliphatic rings. The van der Waals surface area contributed by atoms with E-state index in [1.165, 1.54) is 7.11 Å². The van der Waals surface area contributed by atoms with E-state index < -0.39 is 23.7 Å². The largest absolute Gasteiger partial charge is 0.468 e. The van der Waals surface area contributed by atoms with Crippen molar-refractivity contribution >= 4 is 58.4 Å². The van der Waals surface area contributed by atoms with Gasteiger partial charge in [0.1, 0.15) is 5.92 Å². The lowest BCUT2D eigenvalue weighted by Gasteiger charge is -2.30. The van der Waals surface area contributed by atoms with Crippen LogP contribution in [0.3, 0.4) is 0 Å². The summed E-state index contributed by atoms with van der Waals surface area (Å²) >= 11 is 12.9. The average Bonchev–Trinajstić information content (AvgIpc) is 2.77. The lowest BCUT2D eigenvalue weighted by molar-refractivity contribution is -0.150. The summed E-state index contributed by atoms with van der Waals surface area (Å²) in [6.45, 7) is 0. The number of nitriles is 1. The zero-order chi connectivity index (χ0) is 23.3. The molecule has 2 amide bonds. The molecule has 7 nitrogen and oxygen atoms in total. The van der Waals surface area contributed by atoms with Gasteiger partial charge in [0.05, 0.1) is 29.5 Å². The molecule has 10 heteroatoms. The molecular formula is C22H17Cl2N3O4S. The van der Waals surface area contributed by atoms with Crippen molar-refractivity contribution in [3.8, 4) is 6.07 Å². The van der Waals surface area contributed by atoms with Crippen LogP contribution in [0.15, 0.2) is 59.1 Å². The Hall–Kier alpha value is -2.99. The number of esters is 1. The van der Waals surface area contributed by atoms with Gasteiger partial charge in [-0.1, -0.05) is 53.2 Å². The molecule has 1 heterocycles. The molecule has 0 aromatic heterocycles. The van der Waals surface area contributed by atoms with Crippen molar-refractivity contribution in [1.82, 2.24) is 5.32 Å². The van der Waals surface area contributed by atoms with Crippen LogP contribution < -0.4 is 10.6 Å². The summed E-state index contributed by atoms with van der Waals surface area (Å²) in [5.41, 5.74) is 1.23. The van der Waals surface area contributed by atoms with E-state index in [9.17, 15) is 19.6 Å². The highest BCUT2D eigenvalue weighted by molar-refractivity contribution is 8.03. The molecule has 0 aliphatic carbocycles.